The molecule has 1 aliphatic heterocycles. The number of benzene rings is 1. The Morgan fingerprint density at radius 2 is 1.82 bits per heavy atom. The molecule has 5 heteroatoms. The molecule has 3 rings (SSSR count). The second kappa shape index (κ2) is 6.56. The Balaban J connectivity index is 1.56. The van der Waals surface area contributed by atoms with Crippen LogP contribution in [0.3, 0.4) is 0 Å². The van der Waals surface area contributed by atoms with Gasteiger partial charge in [-0.2, -0.15) is 0 Å². The second-order valence-corrected chi connectivity index (χ2v) is 5.60. The van der Waals surface area contributed by atoms with Crippen molar-refractivity contribution in [2.24, 2.45) is 0 Å². The number of aromatic nitrogens is 2. The number of nitrogens with zero attached hydrogens (tertiary/aromatic N) is 3. The molecular formula is C17H20N4O. The van der Waals surface area contributed by atoms with Gasteiger partial charge in [-0.3, -0.25) is 4.79 Å². The summed E-state index contributed by atoms with van der Waals surface area (Å²) in [5.74, 6) is 0.790. The number of aryl methyl sites for hydroxylation is 1. The standard InChI is InChI=1S/C17H20N4O/c1-13-5-2-3-6-15(13)16(22)20-14-7-11-21(12-8-14)17-18-9-4-10-19-17/h2-6,9-10,14H,7-8,11-12H2,1H3,(H,20,22). The van der Waals surface area contributed by atoms with Crippen LogP contribution in [0.25, 0.3) is 0 Å². The summed E-state index contributed by atoms with van der Waals surface area (Å²) in [4.78, 5) is 23.0. The number of carbonyl (C=O) groups is 1. The van der Waals surface area contributed by atoms with Gasteiger partial charge < -0.3 is 10.2 Å². The normalized spacial score (nSPS) is 15.6. The van der Waals surface area contributed by atoms with E-state index in [-0.39, 0.29) is 11.9 Å². The van der Waals surface area contributed by atoms with Gasteiger partial charge in [0.05, 0.1) is 0 Å². The third kappa shape index (κ3) is 3.24. The van der Waals surface area contributed by atoms with E-state index in [4.69, 9.17) is 0 Å². The maximum absolute atomic E-state index is 12.3. The highest BCUT2D eigenvalue weighted by molar-refractivity contribution is 5.95. The summed E-state index contributed by atoms with van der Waals surface area (Å²) in [6.45, 7) is 3.69. The predicted molar refractivity (Wildman–Crippen MR) is 85.9 cm³/mol. The van der Waals surface area contributed by atoms with Gasteiger partial charge in [0.2, 0.25) is 5.95 Å². The van der Waals surface area contributed by atoms with E-state index < -0.39 is 0 Å². The lowest BCUT2D eigenvalue weighted by atomic mass is 10.0. The second-order valence-electron chi connectivity index (χ2n) is 5.60. The minimum absolute atomic E-state index is 0.0208. The van der Waals surface area contributed by atoms with Crippen molar-refractivity contribution in [2.45, 2.75) is 25.8 Å². The Kier molecular flexibility index (Phi) is 4.32. The Labute approximate surface area is 130 Å². The Bertz CT molecular complexity index is 636. The molecule has 22 heavy (non-hydrogen) atoms. The zero-order chi connectivity index (χ0) is 15.4. The molecule has 1 saturated heterocycles. The van der Waals surface area contributed by atoms with Crippen LogP contribution in [-0.2, 0) is 0 Å². The van der Waals surface area contributed by atoms with Gasteiger partial charge in [0.1, 0.15) is 0 Å². The molecule has 1 aliphatic rings. The Hall–Kier alpha value is -2.43. The van der Waals surface area contributed by atoms with E-state index in [0.29, 0.717) is 0 Å². The van der Waals surface area contributed by atoms with Crippen LogP contribution in [0.2, 0.25) is 0 Å². The number of hydrogen-bond acceptors (Lipinski definition) is 4. The summed E-state index contributed by atoms with van der Waals surface area (Å²) in [5.41, 5.74) is 1.77. The molecular weight excluding hydrogens is 276 g/mol. The first-order chi connectivity index (χ1) is 10.7. The number of carbonyl (C=O) groups excluding carboxylic acids is 1. The SMILES string of the molecule is Cc1ccccc1C(=O)NC1CCN(c2ncccn2)CC1. The van der Waals surface area contributed by atoms with Crippen molar-refractivity contribution in [1.82, 2.24) is 15.3 Å². The average molecular weight is 296 g/mol. The molecule has 1 aromatic heterocycles. The summed E-state index contributed by atoms with van der Waals surface area (Å²) in [6, 6.07) is 9.72. The zero-order valence-electron chi connectivity index (χ0n) is 12.7. The van der Waals surface area contributed by atoms with Gasteiger partial charge in [-0.1, -0.05) is 18.2 Å². The fourth-order valence-corrected chi connectivity index (χ4v) is 2.77. The molecule has 2 heterocycles. The number of anilines is 1. The van der Waals surface area contributed by atoms with E-state index in [1.165, 1.54) is 0 Å². The smallest absolute Gasteiger partial charge is 0.251 e. The van der Waals surface area contributed by atoms with Gasteiger partial charge in [-0.15, -0.1) is 0 Å². The molecule has 1 aromatic carbocycles. The summed E-state index contributed by atoms with van der Waals surface area (Å²) in [6.07, 6.45) is 5.34. The lowest BCUT2D eigenvalue weighted by Crippen LogP contribution is -2.45. The van der Waals surface area contributed by atoms with E-state index in [9.17, 15) is 4.79 Å². The van der Waals surface area contributed by atoms with Gasteiger partial charge in [0, 0.05) is 37.1 Å². The van der Waals surface area contributed by atoms with Crippen LogP contribution in [0.4, 0.5) is 5.95 Å². The Morgan fingerprint density at radius 3 is 2.50 bits per heavy atom. The van der Waals surface area contributed by atoms with Crippen LogP contribution in [-0.4, -0.2) is 35.0 Å². The number of hydrogen-bond donors (Lipinski definition) is 1. The first kappa shape index (κ1) is 14.5. The molecule has 0 atom stereocenters. The van der Waals surface area contributed by atoms with E-state index >= 15 is 0 Å². The molecule has 1 N–H and O–H groups in total. The van der Waals surface area contributed by atoms with Crippen molar-refractivity contribution in [3.05, 3.63) is 53.9 Å². The third-order valence-corrected chi connectivity index (χ3v) is 4.05. The number of nitrogens with one attached hydrogen (secondary N) is 1. The fraction of sp³-hybridized carbons (Fsp3) is 0.353. The van der Waals surface area contributed by atoms with Gasteiger partial charge in [0.25, 0.3) is 5.91 Å². The number of rotatable bonds is 3. The molecule has 0 spiro atoms. The summed E-state index contributed by atoms with van der Waals surface area (Å²) in [5, 5.41) is 3.14. The van der Waals surface area contributed by atoms with Crippen molar-refractivity contribution in [3.8, 4) is 0 Å². The molecule has 0 radical (unpaired) electrons. The van der Waals surface area contributed by atoms with Crippen molar-refractivity contribution in [2.75, 3.05) is 18.0 Å². The molecule has 1 fully saturated rings. The summed E-state index contributed by atoms with van der Waals surface area (Å²) in [7, 11) is 0. The number of piperidine rings is 1. The Morgan fingerprint density at radius 1 is 1.14 bits per heavy atom. The molecule has 5 nitrogen and oxygen atoms in total. The van der Waals surface area contributed by atoms with Crippen LogP contribution in [0.1, 0.15) is 28.8 Å². The first-order valence-corrected chi connectivity index (χ1v) is 7.62. The minimum Gasteiger partial charge on any atom is -0.349 e. The number of amides is 1. The van der Waals surface area contributed by atoms with E-state index in [1.807, 2.05) is 37.3 Å². The third-order valence-electron chi connectivity index (χ3n) is 4.05. The van der Waals surface area contributed by atoms with Gasteiger partial charge in [-0.05, 0) is 37.5 Å². The quantitative estimate of drug-likeness (QED) is 0.943. The molecule has 1 amide bonds. The van der Waals surface area contributed by atoms with Crippen molar-refractivity contribution < 1.29 is 4.79 Å². The fourth-order valence-electron chi connectivity index (χ4n) is 2.77. The van der Waals surface area contributed by atoms with Crippen LogP contribution in [0, 0.1) is 6.92 Å². The zero-order valence-corrected chi connectivity index (χ0v) is 12.7. The maximum atomic E-state index is 12.3. The van der Waals surface area contributed by atoms with Crippen molar-refractivity contribution in [3.63, 3.8) is 0 Å². The molecule has 2 aromatic rings. The van der Waals surface area contributed by atoms with Gasteiger partial charge >= 0.3 is 0 Å². The van der Waals surface area contributed by atoms with E-state index in [2.05, 4.69) is 20.2 Å². The largest absolute Gasteiger partial charge is 0.349 e. The predicted octanol–water partition coefficient (Wildman–Crippen LogP) is 2.18. The lowest BCUT2D eigenvalue weighted by Gasteiger charge is -2.32. The molecule has 0 saturated carbocycles. The summed E-state index contributed by atoms with van der Waals surface area (Å²) < 4.78 is 0. The van der Waals surface area contributed by atoms with Crippen LogP contribution < -0.4 is 10.2 Å². The van der Waals surface area contributed by atoms with Crippen molar-refractivity contribution in [1.29, 1.82) is 0 Å². The van der Waals surface area contributed by atoms with Crippen LogP contribution in [0.15, 0.2) is 42.7 Å². The lowest BCUT2D eigenvalue weighted by molar-refractivity contribution is 0.0930. The average Bonchev–Trinajstić information content (AvgIpc) is 2.57. The van der Waals surface area contributed by atoms with E-state index in [0.717, 1.165) is 43.0 Å². The minimum atomic E-state index is 0.0208. The van der Waals surface area contributed by atoms with Crippen LogP contribution in [0.5, 0.6) is 0 Å². The maximum Gasteiger partial charge on any atom is 0.251 e. The van der Waals surface area contributed by atoms with Crippen molar-refractivity contribution >= 4 is 11.9 Å². The highest BCUT2D eigenvalue weighted by Crippen LogP contribution is 2.16. The highest BCUT2D eigenvalue weighted by atomic mass is 16.1. The monoisotopic (exact) mass is 296 g/mol. The topological polar surface area (TPSA) is 58.1 Å². The van der Waals surface area contributed by atoms with Gasteiger partial charge in [-0.25, -0.2) is 9.97 Å². The summed E-state index contributed by atoms with van der Waals surface area (Å²) >= 11 is 0. The molecule has 114 valence electrons. The molecule has 0 aliphatic carbocycles. The van der Waals surface area contributed by atoms with Crippen LogP contribution >= 0.6 is 0 Å². The van der Waals surface area contributed by atoms with E-state index in [1.54, 1.807) is 12.4 Å². The molecule has 0 unspecified atom stereocenters. The first-order valence-electron chi connectivity index (χ1n) is 7.62. The van der Waals surface area contributed by atoms with Gasteiger partial charge in [0.15, 0.2) is 0 Å². The highest BCUT2D eigenvalue weighted by Gasteiger charge is 2.22. The molecule has 0 bridgehead atoms.